The Kier molecular flexibility index (Phi) is 6.15. The molecule has 2 aromatic carbocycles. The molecule has 0 spiro atoms. The van der Waals surface area contributed by atoms with Gasteiger partial charge in [-0.25, -0.2) is 0 Å². The van der Waals surface area contributed by atoms with Crippen molar-refractivity contribution in [1.82, 2.24) is 4.57 Å². The first-order chi connectivity index (χ1) is 14.3. The molecule has 0 unspecified atom stereocenters. The predicted molar refractivity (Wildman–Crippen MR) is 107 cm³/mol. The van der Waals surface area contributed by atoms with Gasteiger partial charge in [0.2, 0.25) is 5.78 Å². The number of halogens is 2. The van der Waals surface area contributed by atoms with Crippen LogP contribution in [0, 0.1) is 13.8 Å². The van der Waals surface area contributed by atoms with Gasteiger partial charge in [0.1, 0.15) is 11.5 Å². The summed E-state index contributed by atoms with van der Waals surface area (Å²) >= 11 is 0. The normalized spacial score (nSPS) is 10.8. The average Bonchev–Trinajstić information content (AvgIpc) is 3.00. The molecule has 0 fully saturated rings. The molecule has 8 heteroatoms. The molecular weight excluding hydrogens is 394 g/mol. The largest absolute Gasteiger partial charge is 0.485 e. The number of aryl methyl sites for hydroxylation is 1. The highest BCUT2D eigenvalue weighted by Gasteiger charge is 2.18. The molecule has 0 saturated heterocycles. The molecule has 0 aliphatic carbocycles. The number of aromatic nitrogens is 1. The fraction of sp³-hybridized carbons (Fsp3) is 0.182. The van der Waals surface area contributed by atoms with Crippen molar-refractivity contribution >= 4 is 11.7 Å². The molecule has 6 nitrogen and oxygen atoms in total. The molecule has 0 saturated carbocycles. The third-order valence-electron chi connectivity index (χ3n) is 4.56. The van der Waals surface area contributed by atoms with Crippen LogP contribution in [-0.2, 0) is 0 Å². The lowest BCUT2D eigenvalue weighted by Gasteiger charge is -2.12. The molecule has 0 bridgehead atoms. The minimum Gasteiger partial charge on any atom is -0.485 e. The summed E-state index contributed by atoms with van der Waals surface area (Å²) in [5, 5.41) is 0. The van der Waals surface area contributed by atoms with E-state index >= 15 is 0 Å². The lowest BCUT2D eigenvalue weighted by atomic mass is 10.1. The molecule has 3 aromatic rings. The molecule has 156 valence electrons. The predicted octanol–water partition coefficient (Wildman–Crippen LogP) is 4.06. The van der Waals surface area contributed by atoms with Crippen LogP contribution in [0.25, 0.3) is 5.69 Å². The summed E-state index contributed by atoms with van der Waals surface area (Å²) < 4.78 is 36.4. The fourth-order valence-electron chi connectivity index (χ4n) is 3.24. The highest BCUT2D eigenvalue weighted by Crippen LogP contribution is 2.24. The van der Waals surface area contributed by atoms with Crippen molar-refractivity contribution in [2.75, 3.05) is 6.61 Å². The number of para-hydroxylation sites is 1. The number of amides is 1. The number of ether oxygens (including phenoxy) is 2. The van der Waals surface area contributed by atoms with Gasteiger partial charge >= 0.3 is 6.61 Å². The Hall–Kier alpha value is -3.68. The van der Waals surface area contributed by atoms with E-state index < -0.39 is 12.5 Å². The fourth-order valence-corrected chi connectivity index (χ4v) is 3.24. The Balaban J connectivity index is 1.80. The van der Waals surface area contributed by atoms with Gasteiger partial charge in [-0.1, -0.05) is 12.1 Å². The molecule has 0 atom stereocenters. The minimum absolute atomic E-state index is 0.0500. The quantitative estimate of drug-likeness (QED) is 0.564. The summed E-state index contributed by atoms with van der Waals surface area (Å²) in [6.07, 6.45) is 0. The third-order valence-corrected chi connectivity index (χ3v) is 4.56. The summed E-state index contributed by atoms with van der Waals surface area (Å²) in [5.41, 5.74) is 8.14. The van der Waals surface area contributed by atoms with Crippen molar-refractivity contribution in [3.8, 4) is 17.2 Å². The summed E-state index contributed by atoms with van der Waals surface area (Å²) in [5.74, 6) is -0.627. The smallest absolute Gasteiger partial charge is 0.387 e. The molecular formula is C22H20F2N2O4. The maximum Gasteiger partial charge on any atom is 0.387 e. The number of primary amides is 1. The monoisotopic (exact) mass is 414 g/mol. The van der Waals surface area contributed by atoms with E-state index in [-0.39, 0.29) is 29.5 Å². The summed E-state index contributed by atoms with van der Waals surface area (Å²) in [7, 11) is 0. The molecule has 2 N–H and O–H groups in total. The zero-order valence-electron chi connectivity index (χ0n) is 16.4. The second kappa shape index (κ2) is 8.77. The van der Waals surface area contributed by atoms with Crippen LogP contribution < -0.4 is 15.2 Å². The maximum atomic E-state index is 12.7. The van der Waals surface area contributed by atoms with Crippen LogP contribution >= 0.6 is 0 Å². The zero-order chi connectivity index (χ0) is 21.8. The Morgan fingerprint density at radius 3 is 2.33 bits per heavy atom. The van der Waals surface area contributed by atoms with E-state index in [1.54, 1.807) is 43.3 Å². The van der Waals surface area contributed by atoms with E-state index in [0.29, 0.717) is 16.9 Å². The third kappa shape index (κ3) is 4.48. The molecule has 3 rings (SSSR count). The number of hydrogen-bond acceptors (Lipinski definition) is 4. The van der Waals surface area contributed by atoms with E-state index in [1.807, 2.05) is 11.5 Å². The van der Waals surface area contributed by atoms with Crippen LogP contribution in [0.2, 0.25) is 0 Å². The van der Waals surface area contributed by atoms with Crippen LogP contribution in [0.1, 0.15) is 32.1 Å². The first kappa shape index (κ1) is 21.0. The number of rotatable bonds is 8. The maximum absolute atomic E-state index is 12.7. The van der Waals surface area contributed by atoms with E-state index in [0.717, 1.165) is 5.69 Å². The van der Waals surface area contributed by atoms with Gasteiger partial charge in [-0.3, -0.25) is 9.59 Å². The SMILES string of the molecule is Cc1cc(C(=O)COc2ccccc2C(N)=O)c(C)n1-c1ccc(OC(F)F)cc1. The zero-order valence-corrected chi connectivity index (χ0v) is 16.4. The Morgan fingerprint density at radius 2 is 1.70 bits per heavy atom. The summed E-state index contributed by atoms with van der Waals surface area (Å²) in [6.45, 7) is 0.447. The topological polar surface area (TPSA) is 83.5 Å². The standard InChI is InChI=1S/C22H20F2N2O4/c1-13-11-18(19(27)12-29-20-6-4-3-5-17(20)21(25)28)14(2)26(13)15-7-9-16(10-8-15)30-22(23)24/h3-11,22H,12H2,1-2H3,(H2,25,28). The number of nitrogens with zero attached hydrogens (tertiary/aromatic N) is 1. The number of carbonyl (C=O) groups excluding carboxylic acids is 2. The van der Waals surface area contributed by atoms with Crippen LogP contribution in [0.15, 0.2) is 54.6 Å². The van der Waals surface area contributed by atoms with Crippen molar-refractivity contribution in [2.24, 2.45) is 5.73 Å². The summed E-state index contributed by atoms with van der Waals surface area (Å²) in [4.78, 5) is 24.2. The average molecular weight is 414 g/mol. The number of benzene rings is 2. The van der Waals surface area contributed by atoms with Crippen molar-refractivity contribution in [3.63, 3.8) is 0 Å². The molecule has 0 aliphatic rings. The van der Waals surface area contributed by atoms with E-state index in [2.05, 4.69) is 4.74 Å². The van der Waals surface area contributed by atoms with E-state index in [9.17, 15) is 18.4 Å². The van der Waals surface area contributed by atoms with Gasteiger partial charge < -0.3 is 19.8 Å². The molecule has 0 aliphatic heterocycles. The molecule has 1 amide bonds. The van der Waals surface area contributed by atoms with Gasteiger partial charge in [-0.05, 0) is 56.3 Å². The molecule has 1 heterocycles. The van der Waals surface area contributed by atoms with E-state index in [4.69, 9.17) is 10.5 Å². The molecule has 30 heavy (non-hydrogen) atoms. The van der Waals surface area contributed by atoms with Crippen LogP contribution in [0.3, 0.4) is 0 Å². The van der Waals surface area contributed by atoms with Gasteiger partial charge in [0.25, 0.3) is 5.91 Å². The van der Waals surface area contributed by atoms with Crippen LogP contribution in [0.5, 0.6) is 11.5 Å². The second-order valence-electron chi connectivity index (χ2n) is 6.56. The highest BCUT2D eigenvalue weighted by atomic mass is 19.3. The first-order valence-electron chi connectivity index (χ1n) is 9.07. The lowest BCUT2D eigenvalue weighted by Crippen LogP contribution is -2.17. The minimum atomic E-state index is -2.89. The lowest BCUT2D eigenvalue weighted by molar-refractivity contribution is -0.0498. The van der Waals surface area contributed by atoms with Gasteiger partial charge in [-0.2, -0.15) is 8.78 Å². The van der Waals surface area contributed by atoms with Crippen molar-refractivity contribution in [1.29, 1.82) is 0 Å². The number of Topliss-reactive ketones (excluding diaryl/α,β-unsaturated/α-hetero) is 1. The van der Waals surface area contributed by atoms with Crippen molar-refractivity contribution in [2.45, 2.75) is 20.5 Å². The van der Waals surface area contributed by atoms with Gasteiger partial charge in [0.15, 0.2) is 6.61 Å². The number of nitrogens with two attached hydrogens (primary N) is 1. The Bertz CT molecular complexity index is 1080. The Labute approximate surface area is 171 Å². The van der Waals surface area contributed by atoms with Crippen LogP contribution in [0.4, 0.5) is 8.78 Å². The first-order valence-corrected chi connectivity index (χ1v) is 9.07. The van der Waals surface area contributed by atoms with Gasteiger partial charge in [-0.15, -0.1) is 0 Å². The van der Waals surface area contributed by atoms with Gasteiger partial charge in [0.05, 0.1) is 5.56 Å². The van der Waals surface area contributed by atoms with Crippen LogP contribution in [-0.4, -0.2) is 29.5 Å². The number of alkyl halides is 2. The Morgan fingerprint density at radius 1 is 1.03 bits per heavy atom. The number of carbonyl (C=O) groups is 2. The second-order valence-corrected chi connectivity index (χ2v) is 6.56. The summed E-state index contributed by atoms with van der Waals surface area (Å²) in [6, 6.07) is 14.3. The van der Waals surface area contributed by atoms with Crippen molar-refractivity contribution in [3.05, 3.63) is 77.1 Å². The van der Waals surface area contributed by atoms with Crippen molar-refractivity contribution < 1.29 is 27.8 Å². The highest BCUT2D eigenvalue weighted by molar-refractivity contribution is 5.99. The number of hydrogen-bond donors (Lipinski definition) is 1. The molecule has 1 aromatic heterocycles. The number of ketones is 1. The van der Waals surface area contributed by atoms with Gasteiger partial charge in [0, 0.05) is 22.6 Å². The van der Waals surface area contributed by atoms with E-state index in [1.165, 1.54) is 18.2 Å². The molecule has 0 radical (unpaired) electrons.